The fourth-order valence-electron chi connectivity index (χ4n) is 7.32. The second-order valence-corrected chi connectivity index (χ2v) is 18.4. The summed E-state index contributed by atoms with van der Waals surface area (Å²) in [6.45, 7) is 5.52. The van der Waals surface area contributed by atoms with Gasteiger partial charge in [0.1, 0.15) is 18.8 Å². The van der Waals surface area contributed by atoms with Crippen molar-refractivity contribution < 1.29 is 58.2 Å². The Morgan fingerprint density at radius 1 is 0.429 bits per heavy atom. The third kappa shape index (κ3) is 41.2. The zero-order chi connectivity index (χ0) is 56.1. The maximum atomic E-state index is 13.1. The number of rotatable bonds is 45. The van der Waals surface area contributed by atoms with Gasteiger partial charge in [0.05, 0.1) is 6.61 Å². The van der Waals surface area contributed by atoms with Crippen molar-refractivity contribution in [2.45, 2.75) is 212 Å². The summed E-state index contributed by atoms with van der Waals surface area (Å²) >= 11 is 0. The van der Waals surface area contributed by atoms with Gasteiger partial charge < -0.3 is 39.0 Å². The van der Waals surface area contributed by atoms with Gasteiger partial charge in [-0.15, -0.1) is 0 Å². The molecule has 1 saturated heterocycles. The fourth-order valence-corrected chi connectivity index (χ4v) is 7.32. The van der Waals surface area contributed by atoms with Gasteiger partial charge in [0.15, 0.2) is 24.6 Å². The van der Waals surface area contributed by atoms with Gasteiger partial charge in [-0.25, -0.2) is 4.79 Å². The Morgan fingerprint density at radius 2 is 0.779 bits per heavy atom. The van der Waals surface area contributed by atoms with Crippen molar-refractivity contribution in [3.05, 3.63) is 158 Å². The summed E-state index contributed by atoms with van der Waals surface area (Å²) in [7, 11) is 0. The van der Waals surface area contributed by atoms with Crippen LogP contribution in [-0.4, -0.2) is 89.2 Å². The number of ether oxygens (including phenoxy) is 5. The number of aliphatic carboxylic acids is 1. The number of allylic oxidation sites excluding steroid dienone is 26. The first-order valence-electron chi connectivity index (χ1n) is 28.5. The number of aliphatic hydroxyl groups excluding tert-OH is 2. The SMILES string of the molecule is CC/C=C\C/C=C\C/C=C\C/C=C\C/C=C\CCCC(=O)OC1C(OCC(COC(=O)CCCC/C=C\C/C=C\C/C=C\C/C=C\CC)OC(=O)CCCC/C=C\C/C=C\C/C=C\C/C=C\CC)OC(C(=O)O)C(O)C1O. The number of carboxylic acids is 1. The molecule has 0 bridgehead atoms. The van der Waals surface area contributed by atoms with Gasteiger partial charge in [-0.3, -0.25) is 14.4 Å². The second kappa shape index (κ2) is 51.1. The molecule has 1 aliphatic rings. The number of esters is 3. The van der Waals surface area contributed by atoms with Gasteiger partial charge in [-0.2, -0.15) is 0 Å². The first-order valence-corrected chi connectivity index (χ1v) is 28.5. The van der Waals surface area contributed by atoms with Crippen molar-refractivity contribution in [3.8, 4) is 0 Å². The smallest absolute Gasteiger partial charge is 0.335 e. The van der Waals surface area contributed by atoms with Crippen LogP contribution in [0.4, 0.5) is 0 Å². The Labute approximate surface area is 463 Å². The van der Waals surface area contributed by atoms with Crippen molar-refractivity contribution >= 4 is 23.9 Å². The molecular formula is C65H96O12. The van der Waals surface area contributed by atoms with Crippen LogP contribution < -0.4 is 0 Å². The average Bonchev–Trinajstić information content (AvgIpc) is 3.43. The summed E-state index contributed by atoms with van der Waals surface area (Å²) in [5.41, 5.74) is 0. The number of carboxylic acid groups (broad SMARTS) is 1. The zero-order valence-corrected chi connectivity index (χ0v) is 46.9. The highest BCUT2D eigenvalue weighted by Gasteiger charge is 2.50. The topological polar surface area (TPSA) is 175 Å². The monoisotopic (exact) mass is 1070 g/mol. The molecule has 1 fully saturated rings. The predicted octanol–water partition coefficient (Wildman–Crippen LogP) is 14.6. The van der Waals surface area contributed by atoms with Crippen LogP contribution in [0.3, 0.4) is 0 Å². The van der Waals surface area contributed by atoms with E-state index in [2.05, 4.69) is 167 Å². The molecule has 0 amide bonds. The van der Waals surface area contributed by atoms with E-state index in [1.807, 2.05) is 12.2 Å². The van der Waals surface area contributed by atoms with E-state index in [9.17, 15) is 34.5 Å². The van der Waals surface area contributed by atoms with Gasteiger partial charge in [-0.05, 0) is 135 Å². The Morgan fingerprint density at radius 3 is 1.17 bits per heavy atom. The summed E-state index contributed by atoms with van der Waals surface area (Å²) in [5, 5.41) is 31.4. The summed E-state index contributed by atoms with van der Waals surface area (Å²) < 4.78 is 28.2. The lowest BCUT2D eigenvalue weighted by Crippen LogP contribution is -2.61. The van der Waals surface area contributed by atoms with E-state index in [0.29, 0.717) is 25.7 Å². The molecule has 0 aromatic carbocycles. The first-order chi connectivity index (χ1) is 37.6. The molecule has 0 aromatic rings. The fraction of sp³-hybridized carbons (Fsp3) is 0.538. The number of unbranched alkanes of at least 4 members (excludes halogenated alkanes) is 5. The highest BCUT2D eigenvalue weighted by molar-refractivity contribution is 5.74. The normalized spacial score (nSPS) is 19.2. The van der Waals surface area contributed by atoms with E-state index in [1.54, 1.807) is 0 Å². The van der Waals surface area contributed by atoms with Crippen LogP contribution >= 0.6 is 0 Å². The van der Waals surface area contributed by atoms with Crippen molar-refractivity contribution in [1.29, 1.82) is 0 Å². The molecule has 0 saturated carbocycles. The minimum absolute atomic E-state index is 0.0371. The van der Waals surface area contributed by atoms with Crippen LogP contribution in [-0.2, 0) is 42.9 Å². The lowest BCUT2D eigenvalue weighted by molar-refractivity contribution is -0.301. The Balaban J connectivity index is 2.81. The molecule has 0 radical (unpaired) electrons. The molecule has 0 spiro atoms. The highest BCUT2D eigenvalue weighted by atomic mass is 16.7. The van der Waals surface area contributed by atoms with Crippen LogP contribution in [0.2, 0.25) is 0 Å². The van der Waals surface area contributed by atoms with Crippen LogP contribution in [0, 0.1) is 0 Å². The average molecular weight is 1070 g/mol. The summed E-state index contributed by atoms with van der Waals surface area (Å²) in [4.78, 5) is 51.1. The molecule has 12 heteroatoms. The molecule has 6 atom stereocenters. The van der Waals surface area contributed by atoms with E-state index in [4.69, 9.17) is 23.7 Å². The van der Waals surface area contributed by atoms with Crippen molar-refractivity contribution in [2.24, 2.45) is 0 Å². The maximum absolute atomic E-state index is 13.1. The van der Waals surface area contributed by atoms with Gasteiger partial charge in [0.2, 0.25) is 0 Å². The van der Waals surface area contributed by atoms with Gasteiger partial charge >= 0.3 is 23.9 Å². The number of aliphatic hydroxyl groups is 2. The lowest BCUT2D eigenvalue weighted by atomic mass is 9.98. The van der Waals surface area contributed by atoms with Gasteiger partial charge in [0.25, 0.3) is 0 Å². The summed E-state index contributed by atoms with van der Waals surface area (Å²) in [5.74, 6) is -3.35. The number of carbonyl (C=O) groups excluding carboxylic acids is 3. The van der Waals surface area contributed by atoms with Crippen molar-refractivity contribution in [3.63, 3.8) is 0 Å². The number of hydrogen-bond acceptors (Lipinski definition) is 11. The molecule has 1 rings (SSSR count). The molecule has 77 heavy (non-hydrogen) atoms. The second-order valence-electron chi connectivity index (χ2n) is 18.4. The van der Waals surface area contributed by atoms with Crippen LogP contribution in [0.5, 0.6) is 0 Å². The van der Waals surface area contributed by atoms with Crippen molar-refractivity contribution in [1.82, 2.24) is 0 Å². The lowest BCUT2D eigenvalue weighted by Gasteiger charge is -2.40. The minimum atomic E-state index is -1.94. The van der Waals surface area contributed by atoms with Crippen LogP contribution in [0.15, 0.2) is 158 Å². The first kappa shape index (κ1) is 69.4. The number of carbonyl (C=O) groups is 4. The molecule has 428 valence electrons. The molecule has 3 N–H and O–H groups in total. The zero-order valence-electron chi connectivity index (χ0n) is 46.9. The van der Waals surface area contributed by atoms with E-state index < -0.39 is 67.3 Å². The van der Waals surface area contributed by atoms with Gasteiger partial charge in [0, 0.05) is 19.3 Å². The standard InChI is InChI=1S/C65H96O12/c1-4-7-10-13-16-19-22-25-28-29-32-35-38-41-44-47-50-53-59(68)76-63-61(70)60(69)62(64(71)72)77-65(63)74-55-56(75-58(67)52-49-46-43-40-37-34-31-27-24-21-18-15-12-9-6-3)54-73-57(66)51-48-45-42-39-36-33-30-26-23-20-17-14-11-8-5-2/h7-12,16-21,25-28,30-32,35-37,39-41,44,56,60-63,65,69-70H,4-6,13-15,22-24,29,33-34,38,42-43,45-55H2,1-3H3,(H,71,72)/b10-7-,11-8-,12-9-,19-16-,20-17-,21-18-,28-25-,30-26-,31-27-,35-32-,39-36-,40-37-,44-41-. The maximum Gasteiger partial charge on any atom is 0.335 e. The molecule has 12 nitrogen and oxygen atoms in total. The third-order valence-electron chi connectivity index (χ3n) is 11.6. The summed E-state index contributed by atoms with van der Waals surface area (Å²) in [6.07, 6.45) is 62.3. The van der Waals surface area contributed by atoms with E-state index in [0.717, 1.165) is 109 Å². The molecule has 0 aliphatic carbocycles. The quantitative estimate of drug-likeness (QED) is 0.0228. The van der Waals surface area contributed by atoms with Gasteiger partial charge in [-0.1, -0.05) is 179 Å². The van der Waals surface area contributed by atoms with E-state index in [1.165, 1.54) is 0 Å². The molecule has 0 aromatic heterocycles. The van der Waals surface area contributed by atoms with E-state index in [-0.39, 0.29) is 25.9 Å². The molecule has 1 aliphatic heterocycles. The third-order valence-corrected chi connectivity index (χ3v) is 11.6. The minimum Gasteiger partial charge on any atom is -0.479 e. The van der Waals surface area contributed by atoms with Crippen LogP contribution in [0.1, 0.15) is 175 Å². The molecule has 1 heterocycles. The summed E-state index contributed by atoms with van der Waals surface area (Å²) in [6, 6.07) is 0. The Kier molecular flexibility index (Phi) is 46.0. The van der Waals surface area contributed by atoms with Crippen LogP contribution in [0.25, 0.3) is 0 Å². The highest BCUT2D eigenvalue weighted by Crippen LogP contribution is 2.26. The predicted molar refractivity (Wildman–Crippen MR) is 312 cm³/mol. The molecular weight excluding hydrogens is 973 g/mol. The van der Waals surface area contributed by atoms with E-state index >= 15 is 0 Å². The number of hydrogen-bond donors (Lipinski definition) is 3. The largest absolute Gasteiger partial charge is 0.479 e. The molecule has 6 unspecified atom stereocenters. The Hall–Kier alpha value is -5.66. The Bertz CT molecular complexity index is 1940. The van der Waals surface area contributed by atoms with Crippen molar-refractivity contribution in [2.75, 3.05) is 13.2 Å².